The summed E-state index contributed by atoms with van der Waals surface area (Å²) in [5.74, 6) is -0.268. The Hall–Kier alpha value is -2.22. The van der Waals surface area contributed by atoms with Gasteiger partial charge in [0.15, 0.2) is 0 Å². The number of halogens is 1. The van der Waals surface area contributed by atoms with Crippen LogP contribution in [0.25, 0.3) is 0 Å². The summed E-state index contributed by atoms with van der Waals surface area (Å²) < 4.78 is 2.78. The molecule has 1 amide bonds. The predicted octanol–water partition coefficient (Wildman–Crippen LogP) is 2.60. The molecule has 0 spiro atoms. The van der Waals surface area contributed by atoms with Gasteiger partial charge in [0.2, 0.25) is 0 Å². The fourth-order valence-electron chi connectivity index (χ4n) is 2.00. The van der Waals surface area contributed by atoms with Crippen molar-refractivity contribution in [2.75, 3.05) is 6.54 Å². The van der Waals surface area contributed by atoms with Gasteiger partial charge < -0.3 is 5.32 Å². The van der Waals surface area contributed by atoms with Gasteiger partial charge in [0.1, 0.15) is 0 Å². The molecule has 2 aromatic rings. The van der Waals surface area contributed by atoms with Crippen molar-refractivity contribution in [1.29, 1.82) is 0 Å². The highest BCUT2D eigenvalue weighted by atomic mass is 79.9. The Labute approximate surface area is 135 Å². The number of nitrogens with zero attached hydrogens (tertiary/aromatic N) is 3. The van der Waals surface area contributed by atoms with Crippen LogP contribution >= 0.6 is 15.9 Å². The molecule has 0 fully saturated rings. The van der Waals surface area contributed by atoms with E-state index in [9.17, 15) is 14.9 Å². The molecule has 0 saturated carbocycles. The zero-order valence-corrected chi connectivity index (χ0v) is 13.8. The summed E-state index contributed by atoms with van der Waals surface area (Å²) in [6, 6.07) is 5.50. The van der Waals surface area contributed by atoms with Gasteiger partial charge in [0.25, 0.3) is 11.6 Å². The molecule has 0 saturated heterocycles. The number of benzene rings is 1. The third-order valence-electron chi connectivity index (χ3n) is 3.24. The molecule has 0 radical (unpaired) electrons. The van der Waals surface area contributed by atoms with E-state index < -0.39 is 4.92 Å². The summed E-state index contributed by atoms with van der Waals surface area (Å²) in [6.07, 6.45) is 0. The first-order valence-corrected chi connectivity index (χ1v) is 7.41. The van der Waals surface area contributed by atoms with Crippen LogP contribution in [0, 0.1) is 24.0 Å². The van der Waals surface area contributed by atoms with Gasteiger partial charge >= 0.3 is 0 Å². The third kappa shape index (κ3) is 3.51. The summed E-state index contributed by atoms with van der Waals surface area (Å²) >= 11 is 3.45. The molecular formula is C14H15BrN4O3. The number of aromatic nitrogens is 2. The number of rotatable bonds is 5. The Morgan fingerprint density at radius 3 is 2.50 bits per heavy atom. The minimum Gasteiger partial charge on any atom is -0.350 e. The van der Waals surface area contributed by atoms with Gasteiger partial charge in [-0.15, -0.1) is 0 Å². The van der Waals surface area contributed by atoms with Crippen molar-refractivity contribution in [3.8, 4) is 0 Å². The number of carbonyl (C=O) groups is 1. The van der Waals surface area contributed by atoms with Crippen molar-refractivity contribution < 1.29 is 9.72 Å². The quantitative estimate of drug-likeness (QED) is 0.650. The molecule has 8 heteroatoms. The molecule has 1 aromatic heterocycles. The molecule has 0 atom stereocenters. The molecule has 0 unspecified atom stereocenters. The summed E-state index contributed by atoms with van der Waals surface area (Å²) in [5.41, 5.74) is 2.26. The second-order valence-electron chi connectivity index (χ2n) is 4.77. The number of nitrogens with one attached hydrogen (secondary N) is 1. The number of aryl methyl sites for hydroxylation is 1. The molecule has 1 heterocycles. The van der Waals surface area contributed by atoms with E-state index in [4.69, 9.17) is 0 Å². The van der Waals surface area contributed by atoms with Gasteiger partial charge in [-0.25, -0.2) is 0 Å². The fraction of sp³-hybridized carbons (Fsp3) is 0.286. The zero-order chi connectivity index (χ0) is 16.3. The van der Waals surface area contributed by atoms with Crippen LogP contribution in [-0.4, -0.2) is 27.2 Å². The number of nitro groups is 1. The lowest BCUT2D eigenvalue weighted by Gasteiger charge is -2.07. The van der Waals surface area contributed by atoms with Crippen molar-refractivity contribution in [1.82, 2.24) is 15.1 Å². The highest BCUT2D eigenvalue weighted by Gasteiger charge is 2.11. The summed E-state index contributed by atoms with van der Waals surface area (Å²) in [6.45, 7) is 4.83. The number of carbonyl (C=O) groups excluding carboxylic acids is 1. The average Bonchev–Trinajstić information content (AvgIpc) is 2.74. The van der Waals surface area contributed by atoms with Gasteiger partial charge in [-0.2, -0.15) is 5.10 Å². The van der Waals surface area contributed by atoms with Crippen LogP contribution in [0.3, 0.4) is 0 Å². The van der Waals surface area contributed by atoms with E-state index in [-0.39, 0.29) is 11.6 Å². The van der Waals surface area contributed by atoms with Crippen molar-refractivity contribution >= 4 is 27.5 Å². The normalized spacial score (nSPS) is 10.5. The second kappa shape index (κ2) is 6.69. The Morgan fingerprint density at radius 1 is 1.36 bits per heavy atom. The molecule has 22 heavy (non-hydrogen) atoms. The minimum atomic E-state index is -0.498. The first-order valence-electron chi connectivity index (χ1n) is 6.62. The van der Waals surface area contributed by atoms with E-state index in [0.29, 0.717) is 18.7 Å². The first kappa shape index (κ1) is 16.2. The highest BCUT2D eigenvalue weighted by molar-refractivity contribution is 9.10. The molecule has 7 nitrogen and oxygen atoms in total. The number of hydrogen-bond acceptors (Lipinski definition) is 4. The van der Waals surface area contributed by atoms with Crippen LogP contribution in [0.1, 0.15) is 21.7 Å². The number of non-ortho nitro benzene ring substituents is 1. The molecule has 1 aromatic carbocycles. The van der Waals surface area contributed by atoms with Crippen LogP contribution in [0.2, 0.25) is 0 Å². The largest absolute Gasteiger partial charge is 0.350 e. The van der Waals surface area contributed by atoms with Gasteiger partial charge in [-0.3, -0.25) is 19.6 Å². The Bertz CT molecular complexity index is 710. The summed E-state index contributed by atoms with van der Waals surface area (Å²) in [5, 5.41) is 17.7. The smallest absolute Gasteiger partial charge is 0.269 e. The van der Waals surface area contributed by atoms with Crippen LogP contribution in [0.5, 0.6) is 0 Å². The Kier molecular flexibility index (Phi) is 4.92. The molecular weight excluding hydrogens is 352 g/mol. The Morgan fingerprint density at radius 2 is 2.00 bits per heavy atom. The summed E-state index contributed by atoms with van der Waals surface area (Å²) in [7, 11) is 0. The molecule has 1 N–H and O–H groups in total. The van der Waals surface area contributed by atoms with Crippen molar-refractivity contribution in [2.24, 2.45) is 0 Å². The molecule has 0 aliphatic carbocycles. The van der Waals surface area contributed by atoms with Crippen molar-refractivity contribution in [3.63, 3.8) is 0 Å². The maximum absolute atomic E-state index is 12.0. The average molecular weight is 367 g/mol. The highest BCUT2D eigenvalue weighted by Crippen LogP contribution is 2.19. The van der Waals surface area contributed by atoms with Crippen LogP contribution < -0.4 is 5.32 Å². The topological polar surface area (TPSA) is 90.1 Å². The third-order valence-corrected chi connectivity index (χ3v) is 4.39. The maximum atomic E-state index is 12.0. The SMILES string of the molecule is Cc1nn(CCNC(=O)c2ccc([N+](=O)[O-])cc2)c(C)c1Br. The van der Waals surface area contributed by atoms with Crippen molar-refractivity contribution in [3.05, 3.63) is 55.8 Å². The lowest BCUT2D eigenvalue weighted by atomic mass is 10.2. The Balaban J connectivity index is 1.92. The van der Waals surface area contributed by atoms with Crippen LogP contribution in [-0.2, 0) is 6.54 Å². The lowest BCUT2D eigenvalue weighted by Crippen LogP contribution is -2.27. The predicted molar refractivity (Wildman–Crippen MR) is 84.8 cm³/mol. The standard InChI is InChI=1S/C14H15BrN4O3/c1-9-13(15)10(2)18(17-9)8-7-16-14(20)11-3-5-12(6-4-11)19(21)22/h3-6H,7-8H2,1-2H3,(H,16,20). The number of amides is 1. The molecule has 0 aliphatic heterocycles. The van der Waals surface area contributed by atoms with Gasteiger partial charge in [-0.05, 0) is 41.9 Å². The van der Waals surface area contributed by atoms with Crippen molar-refractivity contribution in [2.45, 2.75) is 20.4 Å². The molecule has 2 rings (SSSR count). The lowest BCUT2D eigenvalue weighted by molar-refractivity contribution is -0.384. The fourth-order valence-corrected chi connectivity index (χ4v) is 2.29. The minimum absolute atomic E-state index is 0.0379. The van der Waals surface area contributed by atoms with E-state index in [1.54, 1.807) is 0 Å². The van der Waals surface area contributed by atoms with E-state index in [1.165, 1.54) is 24.3 Å². The first-order chi connectivity index (χ1) is 10.4. The zero-order valence-electron chi connectivity index (χ0n) is 12.2. The number of nitro benzene ring substituents is 1. The molecule has 0 aliphatic rings. The number of hydrogen-bond donors (Lipinski definition) is 1. The maximum Gasteiger partial charge on any atom is 0.269 e. The monoisotopic (exact) mass is 366 g/mol. The van der Waals surface area contributed by atoms with Gasteiger partial charge in [0, 0.05) is 29.9 Å². The van der Waals surface area contributed by atoms with Gasteiger partial charge in [-0.1, -0.05) is 0 Å². The van der Waals surface area contributed by atoms with E-state index in [2.05, 4.69) is 26.3 Å². The van der Waals surface area contributed by atoms with Crippen LogP contribution in [0.4, 0.5) is 5.69 Å². The molecule has 116 valence electrons. The molecule has 0 bridgehead atoms. The van der Waals surface area contributed by atoms with E-state index >= 15 is 0 Å². The van der Waals surface area contributed by atoms with Gasteiger partial charge in [0.05, 0.1) is 21.6 Å². The van der Waals surface area contributed by atoms with E-state index in [0.717, 1.165) is 15.9 Å². The summed E-state index contributed by atoms with van der Waals surface area (Å²) in [4.78, 5) is 22.0. The van der Waals surface area contributed by atoms with E-state index in [1.807, 2.05) is 18.5 Å². The van der Waals surface area contributed by atoms with Crippen LogP contribution in [0.15, 0.2) is 28.7 Å². The second-order valence-corrected chi connectivity index (χ2v) is 5.56.